The second-order valence-electron chi connectivity index (χ2n) is 6.75. The Hall–Kier alpha value is -2.76. The van der Waals surface area contributed by atoms with Gasteiger partial charge in [0.05, 0.1) is 17.0 Å². The number of pyridine rings is 1. The summed E-state index contributed by atoms with van der Waals surface area (Å²) in [5, 5.41) is 7.22. The highest BCUT2D eigenvalue weighted by molar-refractivity contribution is 5.62. The Morgan fingerprint density at radius 2 is 1.92 bits per heavy atom. The molecule has 24 heavy (non-hydrogen) atoms. The van der Waals surface area contributed by atoms with Gasteiger partial charge in [-0.15, -0.1) is 0 Å². The zero-order valence-electron chi connectivity index (χ0n) is 14.4. The number of hydrogen-bond donors (Lipinski definition) is 1. The number of nitrogens with one attached hydrogen (secondary N) is 1. The van der Waals surface area contributed by atoms with E-state index < -0.39 is 0 Å². The summed E-state index contributed by atoms with van der Waals surface area (Å²) in [6.45, 7) is 8.90. The summed E-state index contributed by atoms with van der Waals surface area (Å²) in [5.41, 5.74) is 3.61. The molecule has 0 aliphatic heterocycles. The van der Waals surface area contributed by atoms with E-state index in [0.29, 0.717) is 18.3 Å². The first-order chi connectivity index (χ1) is 11.4. The lowest BCUT2D eigenvalue weighted by Gasteiger charge is -2.21. The highest BCUT2D eigenvalue weighted by Crippen LogP contribution is 2.32. The summed E-state index contributed by atoms with van der Waals surface area (Å²) in [4.78, 5) is 13.2. The SMILES string of the molecule is Cc1cc(-c2cnc(NCc3ccncc3)nc2C(C)(C)C)on1. The molecule has 3 aromatic heterocycles. The highest BCUT2D eigenvalue weighted by Gasteiger charge is 2.24. The standard InChI is InChI=1S/C18H21N5O/c1-12-9-15(24-23-12)14-11-21-17(22-16(14)18(2,3)4)20-10-13-5-7-19-8-6-13/h5-9,11H,10H2,1-4H3,(H,20,21,22). The molecule has 3 aromatic rings. The van der Waals surface area contributed by atoms with Crippen molar-refractivity contribution in [3.63, 3.8) is 0 Å². The molecule has 0 spiro atoms. The molecule has 0 saturated carbocycles. The first kappa shape index (κ1) is 16.1. The largest absolute Gasteiger partial charge is 0.356 e. The normalized spacial score (nSPS) is 11.5. The Kier molecular flexibility index (Phi) is 4.29. The quantitative estimate of drug-likeness (QED) is 0.788. The molecule has 0 atom stereocenters. The van der Waals surface area contributed by atoms with Crippen molar-refractivity contribution in [3.05, 3.63) is 53.7 Å². The molecule has 124 valence electrons. The molecule has 0 aromatic carbocycles. The van der Waals surface area contributed by atoms with Crippen LogP contribution >= 0.6 is 0 Å². The predicted octanol–water partition coefficient (Wildman–Crippen LogP) is 3.74. The average Bonchev–Trinajstić information content (AvgIpc) is 2.99. The van der Waals surface area contributed by atoms with Crippen LogP contribution in [0.15, 0.2) is 41.3 Å². The van der Waals surface area contributed by atoms with E-state index in [-0.39, 0.29) is 5.41 Å². The van der Waals surface area contributed by atoms with Crippen molar-refractivity contribution in [3.8, 4) is 11.3 Å². The fraction of sp³-hybridized carbons (Fsp3) is 0.333. The Bertz CT molecular complexity index is 821. The maximum absolute atomic E-state index is 5.40. The van der Waals surface area contributed by atoms with Crippen LogP contribution in [0, 0.1) is 6.92 Å². The lowest BCUT2D eigenvalue weighted by atomic mass is 9.88. The van der Waals surface area contributed by atoms with Crippen LogP contribution in [0.25, 0.3) is 11.3 Å². The van der Waals surface area contributed by atoms with Crippen molar-refractivity contribution in [2.24, 2.45) is 0 Å². The van der Waals surface area contributed by atoms with Crippen molar-refractivity contribution in [2.75, 3.05) is 5.32 Å². The van der Waals surface area contributed by atoms with E-state index in [0.717, 1.165) is 22.5 Å². The third-order valence-electron chi connectivity index (χ3n) is 3.59. The molecule has 0 saturated heterocycles. The van der Waals surface area contributed by atoms with Gasteiger partial charge in [0, 0.05) is 36.6 Å². The molecular weight excluding hydrogens is 302 g/mol. The monoisotopic (exact) mass is 323 g/mol. The van der Waals surface area contributed by atoms with Gasteiger partial charge in [0.15, 0.2) is 5.76 Å². The Morgan fingerprint density at radius 1 is 1.17 bits per heavy atom. The third kappa shape index (κ3) is 3.59. The molecule has 6 heteroatoms. The number of aromatic nitrogens is 4. The minimum absolute atomic E-state index is 0.147. The number of rotatable bonds is 4. The van der Waals surface area contributed by atoms with Crippen LogP contribution in [-0.4, -0.2) is 20.1 Å². The molecule has 0 amide bonds. The number of aryl methyl sites for hydroxylation is 1. The van der Waals surface area contributed by atoms with E-state index in [2.05, 4.69) is 41.2 Å². The van der Waals surface area contributed by atoms with E-state index in [9.17, 15) is 0 Å². The van der Waals surface area contributed by atoms with Gasteiger partial charge in [0.25, 0.3) is 0 Å². The number of hydrogen-bond acceptors (Lipinski definition) is 6. The van der Waals surface area contributed by atoms with Crippen LogP contribution in [0.4, 0.5) is 5.95 Å². The summed E-state index contributed by atoms with van der Waals surface area (Å²) in [7, 11) is 0. The van der Waals surface area contributed by atoms with Crippen LogP contribution in [0.5, 0.6) is 0 Å². The molecule has 0 radical (unpaired) electrons. The molecule has 0 bridgehead atoms. The Labute approximate surface area is 141 Å². The maximum atomic E-state index is 5.40. The molecule has 0 fully saturated rings. The van der Waals surface area contributed by atoms with Gasteiger partial charge in [-0.1, -0.05) is 25.9 Å². The molecule has 3 heterocycles. The second kappa shape index (κ2) is 6.39. The fourth-order valence-electron chi connectivity index (χ4n) is 2.39. The van der Waals surface area contributed by atoms with Gasteiger partial charge in [-0.2, -0.15) is 0 Å². The summed E-state index contributed by atoms with van der Waals surface area (Å²) in [6.07, 6.45) is 5.34. The molecule has 0 aliphatic carbocycles. The fourth-order valence-corrected chi connectivity index (χ4v) is 2.39. The topological polar surface area (TPSA) is 76.7 Å². The van der Waals surface area contributed by atoms with Gasteiger partial charge in [0.1, 0.15) is 0 Å². The summed E-state index contributed by atoms with van der Waals surface area (Å²) < 4.78 is 5.40. The van der Waals surface area contributed by atoms with Crippen molar-refractivity contribution in [1.29, 1.82) is 0 Å². The Balaban J connectivity index is 1.90. The third-order valence-corrected chi connectivity index (χ3v) is 3.59. The lowest BCUT2D eigenvalue weighted by molar-refractivity contribution is 0.425. The van der Waals surface area contributed by atoms with E-state index in [1.165, 1.54) is 0 Å². The van der Waals surface area contributed by atoms with Gasteiger partial charge in [-0.3, -0.25) is 4.98 Å². The van der Waals surface area contributed by atoms with Gasteiger partial charge >= 0.3 is 0 Å². The summed E-state index contributed by atoms with van der Waals surface area (Å²) >= 11 is 0. The van der Waals surface area contributed by atoms with E-state index in [1.54, 1.807) is 18.6 Å². The molecule has 6 nitrogen and oxygen atoms in total. The molecular formula is C18H21N5O. The van der Waals surface area contributed by atoms with Crippen molar-refractivity contribution in [2.45, 2.75) is 39.7 Å². The summed E-state index contributed by atoms with van der Waals surface area (Å²) in [6, 6.07) is 5.82. The van der Waals surface area contributed by atoms with Crippen LogP contribution in [0.3, 0.4) is 0 Å². The second-order valence-corrected chi connectivity index (χ2v) is 6.75. The smallest absolute Gasteiger partial charge is 0.223 e. The molecule has 0 aliphatic rings. The first-order valence-corrected chi connectivity index (χ1v) is 7.87. The summed E-state index contributed by atoms with van der Waals surface area (Å²) in [5.74, 6) is 1.29. The predicted molar refractivity (Wildman–Crippen MR) is 92.5 cm³/mol. The minimum atomic E-state index is -0.147. The van der Waals surface area contributed by atoms with Crippen LogP contribution in [-0.2, 0) is 12.0 Å². The average molecular weight is 323 g/mol. The van der Waals surface area contributed by atoms with Crippen LogP contribution < -0.4 is 5.32 Å². The number of nitrogens with zero attached hydrogens (tertiary/aromatic N) is 4. The van der Waals surface area contributed by atoms with E-state index >= 15 is 0 Å². The Morgan fingerprint density at radius 3 is 2.54 bits per heavy atom. The van der Waals surface area contributed by atoms with Crippen molar-refractivity contribution in [1.82, 2.24) is 20.1 Å². The van der Waals surface area contributed by atoms with E-state index in [1.807, 2.05) is 25.1 Å². The minimum Gasteiger partial charge on any atom is -0.356 e. The number of anilines is 1. The van der Waals surface area contributed by atoms with Crippen molar-refractivity contribution >= 4 is 5.95 Å². The van der Waals surface area contributed by atoms with Gasteiger partial charge in [-0.05, 0) is 24.6 Å². The first-order valence-electron chi connectivity index (χ1n) is 7.87. The zero-order chi connectivity index (χ0) is 17.2. The molecule has 1 N–H and O–H groups in total. The maximum Gasteiger partial charge on any atom is 0.223 e. The molecule has 0 unspecified atom stereocenters. The van der Waals surface area contributed by atoms with Crippen molar-refractivity contribution < 1.29 is 4.52 Å². The zero-order valence-corrected chi connectivity index (χ0v) is 14.4. The van der Waals surface area contributed by atoms with E-state index in [4.69, 9.17) is 9.51 Å². The highest BCUT2D eigenvalue weighted by atomic mass is 16.5. The van der Waals surface area contributed by atoms with Crippen LogP contribution in [0.1, 0.15) is 37.7 Å². The van der Waals surface area contributed by atoms with Gasteiger partial charge in [0.2, 0.25) is 5.95 Å². The molecule has 3 rings (SSSR count). The van der Waals surface area contributed by atoms with Gasteiger partial charge in [-0.25, -0.2) is 9.97 Å². The van der Waals surface area contributed by atoms with Crippen LogP contribution in [0.2, 0.25) is 0 Å². The lowest BCUT2D eigenvalue weighted by Crippen LogP contribution is -2.17. The van der Waals surface area contributed by atoms with Gasteiger partial charge < -0.3 is 9.84 Å².